The highest BCUT2D eigenvalue weighted by molar-refractivity contribution is 7.89. The second-order valence-electron chi connectivity index (χ2n) is 4.34. The minimum absolute atomic E-state index is 0.489. The third kappa shape index (κ3) is 3.83. The molecule has 0 aliphatic rings. The van der Waals surface area contributed by atoms with Crippen molar-refractivity contribution >= 4 is 37.5 Å². The zero-order valence-corrected chi connectivity index (χ0v) is 13.0. The monoisotopic (exact) mass is 321 g/mol. The Morgan fingerprint density at radius 2 is 1.48 bits per heavy atom. The molecular weight excluding hydrogens is 305 g/mol. The minimum atomic E-state index is -1.13. The quantitative estimate of drug-likeness (QED) is 0.559. The lowest BCUT2D eigenvalue weighted by atomic mass is 10.3. The van der Waals surface area contributed by atoms with Crippen LogP contribution in [0.15, 0.2) is 60.7 Å². The first-order chi connectivity index (χ1) is 10.1. The molecule has 2 N–H and O–H groups in total. The highest BCUT2D eigenvalue weighted by Crippen LogP contribution is 2.41. The van der Waals surface area contributed by atoms with Gasteiger partial charge in [-0.2, -0.15) is 0 Å². The van der Waals surface area contributed by atoms with Crippen LogP contribution >= 0.6 is 20.9 Å². The van der Waals surface area contributed by atoms with E-state index in [-0.39, 0.29) is 0 Å². The van der Waals surface area contributed by atoms with Gasteiger partial charge >= 0.3 is 5.97 Å². The van der Waals surface area contributed by atoms with Crippen LogP contribution in [0.3, 0.4) is 0 Å². The minimum Gasteiger partial charge on any atom is -0.480 e. The van der Waals surface area contributed by atoms with Crippen molar-refractivity contribution in [3.8, 4) is 0 Å². The van der Waals surface area contributed by atoms with E-state index in [1.165, 1.54) is 4.08 Å². The summed E-state index contributed by atoms with van der Waals surface area (Å²) in [5.74, 6) is -1.09. The number of rotatable bonds is 6. The average Bonchev–Trinajstić information content (AvgIpc) is 2.50. The van der Waals surface area contributed by atoms with Crippen LogP contribution in [0.4, 0.5) is 0 Å². The number of aliphatic carboxylic acids is 1. The Balaban J connectivity index is 2.44. The first kappa shape index (κ1) is 16.0. The van der Waals surface area contributed by atoms with E-state index in [0.29, 0.717) is 0 Å². The summed E-state index contributed by atoms with van der Waals surface area (Å²) in [5, 5.41) is 20.6. The number of aliphatic hydroxyl groups is 1. The maximum absolute atomic E-state index is 11.3. The number of carbonyl (C=O) groups is 1. The van der Waals surface area contributed by atoms with Crippen LogP contribution in [0.25, 0.3) is 0 Å². The topological polar surface area (TPSA) is 60.8 Å². The molecule has 110 valence electrons. The number of carboxylic acids is 1. The van der Waals surface area contributed by atoms with Crippen LogP contribution in [-0.2, 0) is 4.79 Å². The van der Waals surface area contributed by atoms with Crippen molar-refractivity contribution < 1.29 is 15.0 Å². The number of thiol groups is 1. The van der Waals surface area contributed by atoms with Gasteiger partial charge < -0.3 is 10.2 Å². The Morgan fingerprint density at radius 1 is 1.05 bits per heavy atom. The lowest BCUT2D eigenvalue weighted by molar-refractivity contribution is -0.141. The number of hydrogen-bond donors (Lipinski definition) is 3. The molecule has 0 radical (unpaired) electrons. The molecule has 4 nitrogen and oxygen atoms in total. The Kier molecular flexibility index (Phi) is 5.76. The first-order valence-electron chi connectivity index (χ1n) is 6.37. The normalized spacial score (nSPS) is 12.6. The highest BCUT2D eigenvalue weighted by Gasteiger charge is 2.30. The van der Waals surface area contributed by atoms with Gasteiger partial charge in [-0.1, -0.05) is 73.5 Å². The van der Waals surface area contributed by atoms with Crippen molar-refractivity contribution in [1.82, 2.24) is 4.08 Å². The molecule has 2 aromatic rings. The Bertz CT molecular complexity index is 542. The summed E-state index contributed by atoms with van der Waals surface area (Å²) < 4.78 is 1.45. The lowest BCUT2D eigenvalue weighted by Gasteiger charge is -2.31. The summed E-state index contributed by atoms with van der Waals surface area (Å²) in [6, 6.07) is 18.2. The smallest absolute Gasteiger partial charge is 0.324 e. The van der Waals surface area contributed by atoms with Gasteiger partial charge in [0.1, 0.15) is 6.04 Å². The maximum Gasteiger partial charge on any atom is 0.324 e. The molecule has 0 fully saturated rings. The summed E-state index contributed by atoms with van der Waals surface area (Å²) >= 11 is 4.38. The van der Waals surface area contributed by atoms with E-state index in [1.807, 2.05) is 60.7 Å². The van der Waals surface area contributed by atoms with Crippen LogP contribution < -0.4 is 10.6 Å². The fourth-order valence-electron chi connectivity index (χ4n) is 1.91. The van der Waals surface area contributed by atoms with Gasteiger partial charge in [0, 0.05) is 8.07 Å². The van der Waals surface area contributed by atoms with Crippen LogP contribution in [-0.4, -0.2) is 32.9 Å². The number of nitrogens with zero attached hydrogens (tertiary/aromatic N) is 1. The molecule has 0 spiro atoms. The largest absolute Gasteiger partial charge is 0.480 e. The van der Waals surface area contributed by atoms with Crippen molar-refractivity contribution in [2.45, 2.75) is 6.04 Å². The average molecular weight is 321 g/mol. The van der Waals surface area contributed by atoms with Crippen molar-refractivity contribution in [3.05, 3.63) is 60.7 Å². The molecular formula is C15H16NO3PS. The molecule has 0 aromatic heterocycles. The van der Waals surface area contributed by atoms with Crippen LogP contribution in [0.5, 0.6) is 0 Å². The second kappa shape index (κ2) is 7.57. The molecule has 0 saturated carbocycles. The first-order valence-corrected chi connectivity index (χ1v) is 8.06. The Labute approximate surface area is 130 Å². The predicted molar refractivity (Wildman–Crippen MR) is 88.4 cm³/mol. The lowest BCUT2D eigenvalue weighted by Crippen LogP contribution is -2.39. The van der Waals surface area contributed by atoms with E-state index in [9.17, 15) is 15.0 Å². The molecule has 0 unspecified atom stereocenters. The zero-order chi connectivity index (χ0) is 15.2. The fraction of sp³-hybridized carbons (Fsp3) is 0.133. The number of benzene rings is 2. The molecule has 2 rings (SSSR count). The van der Waals surface area contributed by atoms with Crippen LogP contribution in [0.2, 0.25) is 0 Å². The summed E-state index contributed by atoms with van der Waals surface area (Å²) in [7, 11) is -1.13. The SMILES string of the molecule is O=C(O)[C@H](CO)N(S)P(c1ccccc1)c1ccccc1. The number of carboxylic acid groups (broad SMARTS) is 1. The standard InChI is InChI=1S/C15H16NO3PS/c17-11-14(15(18)19)16(21)20(12-7-3-1-4-8-12)13-9-5-2-6-10-13/h1-10,14,17,21H,11H2,(H,18,19)/t14-/m0/s1. The number of hydrogen-bond acceptors (Lipinski definition) is 4. The third-order valence-electron chi connectivity index (χ3n) is 2.94. The summed E-state index contributed by atoms with van der Waals surface area (Å²) in [6.07, 6.45) is 0. The predicted octanol–water partition coefficient (Wildman–Crippen LogP) is 1.63. The van der Waals surface area contributed by atoms with Crippen molar-refractivity contribution in [2.75, 3.05) is 6.61 Å². The van der Waals surface area contributed by atoms with Crippen molar-refractivity contribution in [2.24, 2.45) is 0 Å². The summed E-state index contributed by atoms with van der Waals surface area (Å²) in [6.45, 7) is -0.489. The molecule has 2 aromatic carbocycles. The maximum atomic E-state index is 11.3. The van der Waals surface area contributed by atoms with Gasteiger partial charge in [-0.3, -0.25) is 4.79 Å². The zero-order valence-electron chi connectivity index (χ0n) is 11.2. The van der Waals surface area contributed by atoms with E-state index in [4.69, 9.17) is 0 Å². The molecule has 6 heteroatoms. The van der Waals surface area contributed by atoms with Gasteiger partial charge in [-0.15, -0.1) is 0 Å². The van der Waals surface area contributed by atoms with Gasteiger partial charge in [-0.05, 0) is 10.6 Å². The summed E-state index contributed by atoms with van der Waals surface area (Å²) in [4.78, 5) is 11.3. The van der Waals surface area contributed by atoms with Crippen LogP contribution in [0, 0.1) is 0 Å². The van der Waals surface area contributed by atoms with Gasteiger partial charge in [0.2, 0.25) is 0 Å². The molecule has 0 aliphatic carbocycles. The molecule has 0 aliphatic heterocycles. The van der Waals surface area contributed by atoms with Gasteiger partial charge in [-0.25, -0.2) is 4.08 Å². The third-order valence-corrected chi connectivity index (χ3v) is 6.02. The molecule has 0 saturated heterocycles. The molecule has 21 heavy (non-hydrogen) atoms. The van der Waals surface area contributed by atoms with E-state index in [2.05, 4.69) is 12.8 Å². The molecule has 0 bridgehead atoms. The molecule has 0 amide bonds. The summed E-state index contributed by atoms with van der Waals surface area (Å²) in [5.41, 5.74) is 0. The fourth-order valence-corrected chi connectivity index (χ4v) is 4.84. The van der Waals surface area contributed by atoms with E-state index in [0.717, 1.165) is 10.6 Å². The number of aliphatic hydroxyl groups excluding tert-OH is 1. The Morgan fingerprint density at radius 3 is 1.81 bits per heavy atom. The second-order valence-corrected chi connectivity index (χ2v) is 7.17. The van der Waals surface area contributed by atoms with Crippen molar-refractivity contribution in [3.63, 3.8) is 0 Å². The van der Waals surface area contributed by atoms with Crippen LogP contribution in [0.1, 0.15) is 0 Å². The Hall–Kier alpha value is -1.39. The van der Waals surface area contributed by atoms with E-state index < -0.39 is 26.7 Å². The van der Waals surface area contributed by atoms with Gasteiger partial charge in [0.25, 0.3) is 0 Å². The van der Waals surface area contributed by atoms with E-state index >= 15 is 0 Å². The van der Waals surface area contributed by atoms with Gasteiger partial charge in [0.05, 0.1) is 6.61 Å². The molecule has 1 atom stereocenters. The van der Waals surface area contributed by atoms with Gasteiger partial charge in [0.15, 0.2) is 0 Å². The van der Waals surface area contributed by atoms with E-state index in [1.54, 1.807) is 0 Å². The molecule has 0 heterocycles. The highest BCUT2D eigenvalue weighted by atomic mass is 32.1. The van der Waals surface area contributed by atoms with Crippen molar-refractivity contribution in [1.29, 1.82) is 0 Å².